The maximum atomic E-state index is 12.0. The van der Waals surface area contributed by atoms with E-state index in [1.54, 1.807) is 31.2 Å². The molecule has 0 saturated carbocycles. The zero-order valence-corrected chi connectivity index (χ0v) is 11.8. The van der Waals surface area contributed by atoms with Crippen molar-refractivity contribution in [3.63, 3.8) is 0 Å². The minimum absolute atomic E-state index is 0.0932. The van der Waals surface area contributed by atoms with Gasteiger partial charge in [0.05, 0.1) is 6.61 Å². The van der Waals surface area contributed by atoms with E-state index in [4.69, 9.17) is 4.74 Å². The van der Waals surface area contributed by atoms with Crippen molar-refractivity contribution in [1.29, 1.82) is 0 Å². The number of unbranched alkanes of at least 4 members (excludes halogenated alkanes) is 1. The fourth-order valence-electron chi connectivity index (χ4n) is 1.51. The predicted octanol–water partition coefficient (Wildman–Crippen LogP) is 1.41. The van der Waals surface area contributed by atoms with Crippen molar-refractivity contribution in [2.75, 3.05) is 39.2 Å². The number of carbonyl (C=O) groups excluding carboxylic acids is 1. The average Bonchev–Trinajstić information content (AvgIpc) is 2.45. The second kappa shape index (κ2) is 8.42. The molecule has 0 spiro atoms. The van der Waals surface area contributed by atoms with Crippen molar-refractivity contribution in [1.82, 2.24) is 15.1 Å². The molecular weight excluding hydrogens is 244 g/mol. The Hall–Kier alpha value is -1.69. The molecule has 6 heteroatoms. The summed E-state index contributed by atoms with van der Waals surface area (Å²) in [4.78, 5) is 13.7. The van der Waals surface area contributed by atoms with E-state index < -0.39 is 0 Å². The Morgan fingerprint density at radius 2 is 2.21 bits per heavy atom. The molecule has 106 valence electrons. The molecule has 0 aliphatic carbocycles. The van der Waals surface area contributed by atoms with Gasteiger partial charge in [-0.1, -0.05) is 13.3 Å². The molecule has 0 fully saturated rings. The van der Waals surface area contributed by atoms with Crippen molar-refractivity contribution < 1.29 is 9.53 Å². The molecule has 0 bridgehead atoms. The number of amides is 1. The highest BCUT2D eigenvalue weighted by molar-refractivity contribution is 5.92. The van der Waals surface area contributed by atoms with Gasteiger partial charge in [0.15, 0.2) is 5.69 Å². The Balaban J connectivity index is 2.52. The Labute approximate surface area is 114 Å². The minimum Gasteiger partial charge on any atom is -0.383 e. The highest BCUT2D eigenvalue weighted by Gasteiger charge is 2.12. The van der Waals surface area contributed by atoms with Gasteiger partial charge < -0.3 is 15.0 Å². The Morgan fingerprint density at radius 3 is 2.79 bits per heavy atom. The van der Waals surface area contributed by atoms with Gasteiger partial charge in [0.25, 0.3) is 5.91 Å². The molecule has 0 radical (unpaired) electrons. The van der Waals surface area contributed by atoms with Crippen LogP contribution in [0.2, 0.25) is 0 Å². The fourth-order valence-corrected chi connectivity index (χ4v) is 1.51. The molecule has 1 N–H and O–H groups in total. The molecule has 0 aliphatic heterocycles. The quantitative estimate of drug-likeness (QED) is 0.720. The number of ether oxygens (including phenoxy) is 1. The Morgan fingerprint density at radius 1 is 1.42 bits per heavy atom. The first-order valence-corrected chi connectivity index (χ1v) is 6.51. The van der Waals surface area contributed by atoms with Crippen LogP contribution >= 0.6 is 0 Å². The molecule has 0 aromatic carbocycles. The van der Waals surface area contributed by atoms with Crippen LogP contribution in [0.3, 0.4) is 0 Å². The number of nitrogens with one attached hydrogen (secondary N) is 1. The maximum Gasteiger partial charge on any atom is 0.274 e. The number of hydrogen-bond donors (Lipinski definition) is 1. The second-order valence-corrected chi connectivity index (χ2v) is 4.30. The van der Waals surface area contributed by atoms with E-state index in [2.05, 4.69) is 22.4 Å². The molecule has 1 rings (SSSR count). The van der Waals surface area contributed by atoms with E-state index in [-0.39, 0.29) is 5.91 Å². The summed E-state index contributed by atoms with van der Waals surface area (Å²) in [7, 11) is 3.42. The zero-order chi connectivity index (χ0) is 14.1. The number of anilines is 1. The van der Waals surface area contributed by atoms with Crippen LogP contribution in [0.25, 0.3) is 0 Å². The smallest absolute Gasteiger partial charge is 0.274 e. The van der Waals surface area contributed by atoms with Crippen LogP contribution in [0.15, 0.2) is 12.1 Å². The van der Waals surface area contributed by atoms with E-state index in [0.29, 0.717) is 24.7 Å². The van der Waals surface area contributed by atoms with Gasteiger partial charge in [0.2, 0.25) is 0 Å². The van der Waals surface area contributed by atoms with Gasteiger partial charge in [-0.05, 0) is 18.6 Å². The van der Waals surface area contributed by atoms with E-state index in [1.807, 2.05) is 0 Å². The van der Waals surface area contributed by atoms with Crippen LogP contribution in [0, 0.1) is 0 Å². The van der Waals surface area contributed by atoms with Crippen LogP contribution in [-0.2, 0) is 4.74 Å². The minimum atomic E-state index is -0.0932. The van der Waals surface area contributed by atoms with Gasteiger partial charge in [0.1, 0.15) is 5.82 Å². The average molecular weight is 266 g/mol. The van der Waals surface area contributed by atoms with Crippen molar-refractivity contribution in [2.45, 2.75) is 19.8 Å². The summed E-state index contributed by atoms with van der Waals surface area (Å²) in [5.41, 5.74) is 0.371. The maximum absolute atomic E-state index is 12.0. The Bertz CT molecular complexity index is 381. The lowest BCUT2D eigenvalue weighted by molar-refractivity contribution is 0.0786. The van der Waals surface area contributed by atoms with Gasteiger partial charge in [-0.2, -0.15) is 0 Å². The third-order valence-electron chi connectivity index (χ3n) is 2.69. The summed E-state index contributed by atoms with van der Waals surface area (Å²) >= 11 is 0. The normalized spacial score (nSPS) is 10.3. The van der Waals surface area contributed by atoms with Crippen molar-refractivity contribution in [2.24, 2.45) is 0 Å². The zero-order valence-electron chi connectivity index (χ0n) is 11.8. The molecule has 1 aromatic heterocycles. The van der Waals surface area contributed by atoms with E-state index in [1.165, 1.54) is 0 Å². The number of hydrogen-bond acceptors (Lipinski definition) is 5. The van der Waals surface area contributed by atoms with Crippen LogP contribution < -0.4 is 5.32 Å². The van der Waals surface area contributed by atoms with Crippen molar-refractivity contribution in [3.8, 4) is 0 Å². The highest BCUT2D eigenvalue weighted by Crippen LogP contribution is 2.05. The van der Waals surface area contributed by atoms with Gasteiger partial charge in [-0.15, -0.1) is 10.2 Å². The van der Waals surface area contributed by atoms with Crippen LogP contribution in [0.1, 0.15) is 30.3 Å². The third kappa shape index (κ3) is 5.21. The summed E-state index contributed by atoms with van der Waals surface area (Å²) in [5, 5.41) is 11.0. The SMILES string of the molecule is CCCCN(C)C(=O)c1ccc(NCCOC)nn1. The number of aromatic nitrogens is 2. The fraction of sp³-hybridized carbons (Fsp3) is 0.615. The number of carbonyl (C=O) groups is 1. The summed E-state index contributed by atoms with van der Waals surface area (Å²) in [5.74, 6) is 0.550. The molecule has 19 heavy (non-hydrogen) atoms. The molecule has 0 saturated heterocycles. The summed E-state index contributed by atoms with van der Waals surface area (Å²) in [6.45, 7) is 4.10. The lowest BCUT2D eigenvalue weighted by atomic mass is 10.3. The van der Waals surface area contributed by atoms with E-state index in [9.17, 15) is 4.79 Å². The molecule has 0 atom stereocenters. The number of nitrogens with zero attached hydrogens (tertiary/aromatic N) is 3. The van der Waals surface area contributed by atoms with Gasteiger partial charge >= 0.3 is 0 Å². The molecular formula is C13H22N4O2. The highest BCUT2D eigenvalue weighted by atomic mass is 16.5. The van der Waals surface area contributed by atoms with Gasteiger partial charge in [-0.3, -0.25) is 4.79 Å². The molecule has 1 heterocycles. The van der Waals surface area contributed by atoms with Crippen LogP contribution in [-0.4, -0.2) is 54.9 Å². The monoisotopic (exact) mass is 266 g/mol. The van der Waals surface area contributed by atoms with Crippen molar-refractivity contribution >= 4 is 11.7 Å². The first kappa shape index (κ1) is 15.4. The lowest BCUT2D eigenvalue weighted by Crippen LogP contribution is -2.28. The summed E-state index contributed by atoms with van der Waals surface area (Å²) in [6.07, 6.45) is 2.05. The summed E-state index contributed by atoms with van der Waals surface area (Å²) < 4.78 is 4.92. The molecule has 1 aromatic rings. The predicted molar refractivity (Wildman–Crippen MR) is 74.3 cm³/mol. The lowest BCUT2D eigenvalue weighted by Gasteiger charge is -2.15. The van der Waals surface area contributed by atoms with Crippen molar-refractivity contribution in [3.05, 3.63) is 17.8 Å². The number of rotatable bonds is 8. The molecule has 0 unspecified atom stereocenters. The summed E-state index contributed by atoms with van der Waals surface area (Å²) in [6, 6.07) is 3.44. The molecule has 1 amide bonds. The second-order valence-electron chi connectivity index (χ2n) is 4.30. The first-order chi connectivity index (χ1) is 9.19. The number of methoxy groups -OCH3 is 1. The van der Waals surface area contributed by atoms with Crippen LogP contribution in [0.5, 0.6) is 0 Å². The standard InChI is InChI=1S/C13H22N4O2/c1-4-5-9-17(2)13(18)11-6-7-12(16-15-11)14-8-10-19-3/h6-7H,4-5,8-10H2,1-3H3,(H,14,16). The Kier molecular flexibility index (Phi) is 6.81. The largest absolute Gasteiger partial charge is 0.383 e. The van der Waals surface area contributed by atoms with E-state index in [0.717, 1.165) is 19.4 Å². The van der Waals surface area contributed by atoms with E-state index >= 15 is 0 Å². The van der Waals surface area contributed by atoms with Gasteiger partial charge in [-0.25, -0.2) is 0 Å². The van der Waals surface area contributed by atoms with Gasteiger partial charge in [0, 0.05) is 27.2 Å². The molecule has 6 nitrogen and oxygen atoms in total. The topological polar surface area (TPSA) is 67.4 Å². The van der Waals surface area contributed by atoms with Crippen LogP contribution in [0.4, 0.5) is 5.82 Å². The first-order valence-electron chi connectivity index (χ1n) is 6.51. The molecule has 0 aliphatic rings. The third-order valence-corrected chi connectivity index (χ3v) is 2.69.